The maximum Gasteiger partial charge on any atom is 0.0348 e. The Morgan fingerprint density at radius 3 is 2.47 bits per heavy atom. The standard InChI is InChI=1S/C13H26N2/c1-3-15(13-9-14-10-13)12-6-4-5-11(2)7-8-12/h11-14H,3-10H2,1-2H3. The van der Waals surface area contributed by atoms with Gasteiger partial charge in [-0.2, -0.15) is 0 Å². The lowest BCUT2D eigenvalue weighted by atomic mass is 10.0. The number of hydrogen-bond donors (Lipinski definition) is 1. The van der Waals surface area contributed by atoms with Crippen LogP contribution in [0.4, 0.5) is 0 Å². The van der Waals surface area contributed by atoms with Crippen LogP contribution in [0, 0.1) is 5.92 Å². The van der Waals surface area contributed by atoms with Gasteiger partial charge in [0.1, 0.15) is 0 Å². The third-order valence-corrected chi connectivity index (χ3v) is 4.29. The molecule has 2 aliphatic rings. The fraction of sp³-hybridized carbons (Fsp3) is 1.00. The molecule has 0 spiro atoms. The van der Waals surface area contributed by atoms with E-state index < -0.39 is 0 Å². The van der Waals surface area contributed by atoms with Gasteiger partial charge in [0.25, 0.3) is 0 Å². The summed E-state index contributed by atoms with van der Waals surface area (Å²) in [6.07, 6.45) is 7.22. The highest BCUT2D eigenvalue weighted by Gasteiger charge is 2.29. The summed E-state index contributed by atoms with van der Waals surface area (Å²) in [5.74, 6) is 0.966. The van der Waals surface area contributed by atoms with Gasteiger partial charge in [-0.05, 0) is 31.7 Å². The molecule has 0 radical (unpaired) electrons. The zero-order valence-electron chi connectivity index (χ0n) is 10.3. The van der Waals surface area contributed by atoms with Gasteiger partial charge in [-0.25, -0.2) is 0 Å². The number of nitrogens with zero attached hydrogens (tertiary/aromatic N) is 1. The lowest BCUT2D eigenvalue weighted by Gasteiger charge is -2.42. The Labute approximate surface area is 94.4 Å². The van der Waals surface area contributed by atoms with E-state index in [2.05, 4.69) is 24.1 Å². The highest BCUT2D eigenvalue weighted by atomic mass is 15.2. The highest BCUT2D eigenvalue weighted by Crippen LogP contribution is 2.27. The van der Waals surface area contributed by atoms with Crippen molar-refractivity contribution in [1.29, 1.82) is 0 Å². The van der Waals surface area contributed by atoms with Gasteiger partial charge in [-0.3, -0.25) is 4.90 Å². The lowest BCUT2D eigenvalue weighted by Crippen LogP contribution is -2.59. The molecule has 0 aromatic heterocycles. The minimum absolute atomic E-state index is 0.841. The van der Waals surface area contributed by atoms with Crippen molar-refractivity contribution in [2.75, 3.05) is 19.6 Å². The zero-order valence-corrected chi connectivity index (χ0v) is 10.3. The van der Waals surface area contributed by atoms with Crippen molar-refractivity contribution in [2.24, 2.45) is 5.92 Å². The van der Waals surface area contributed by atoms with Crippen LogP contribution in [-0.4, -0.2) is 36.6 Å². The van der Waals surface area contributed by atoms with Crippen LogP contribution in [-0.2, 0) is 0 Å². The van der Waals surface area contributed by atoms with Crippen LogP contribution >= 0.6 is 0 Å². The Hall–Kier alpha value is -0.0800. The fourth-order valence-electron chi connectivity index (χ4n) is 3.12. The first-order valence-corrected chi connectivity index (χ1v) is 6.77. The number of nitrogens with one attached hydrogen (secondary N) is 1. The van der Waals surface area contributed by atoms with E-state index in [1.54, 1.807) is 0 Å². The van der Waals surface area contributed by atoms with Crippen molar-refractivity contribution >= 4 is 0 Å². The van der Waals surface area contributed by atoms with Crippen LogP contribution in [0.2, 0.25) is 0 Å². The van der Waals surface area contributed by atoms with Gasteiger partial charge in [0.05, 0.1) is 0 Å². The molecule has 1 N–H and O–H groups in total. The number of hydrogen-bond acceptors (Lipinski definition) is 2. The monoisotopic (exact) mass is 210 g/mol. The largest absolute Gasteiger partial charge is 0.314 e. The first kappa shape index (κ1) is 11.4. The summed E-state index contributed by atoms with van der Waals surface area (Å²) >= 11 is 0. The third-order valence-electron chi connectivity index (χ3n) is 4.29. The Bertz CT molecular complexity index is 189. The molecule has 2 rings (SSSR count). The van der Waals surface area contributed by atoms with E-state index in [-0.39, 0.29) is 0 Å². The minimum Gasteiger partial charge on any atom is -0.314 e. The number of rotatable bonds is 3. The first-order valence-electron chi connectivity index (χ1n) is 6.77. The summed E-state index contributed by atoms with van der Waals surface area (Å²) in [4.78, 5) is 2.76. The molecule has 1 aliphatic heterocycles. The first-order chi connectivity index (χ1) is 7.31. The average molecular weight is 210 g/mol. The summed E-state index contributed by atoms with van der Waals surface area (Å²) in [6, 6.07) is 1.72. The van der Waals surface area contributed by atoms with Crippen LogP contribution in [0.1, 0.15) is 46.0 Å². The predicted molar refractivity (Wildman–Crippen MR) is 65.1 cm³/mol. The summed E-state index contributed by atoms with van der Waals surface area (Å²) in [5.41, 5.74) is 0. The quantitative estimate of drug-likeness (QED) is 0.719. The molecular formula is C13H26N2. The van der Waals surface area contributed by atoms with Gasteiger partial charge >= 0.3 is 0 Å². The van der Waals surface area contributed by atoms with Crippen molar-refractivity contribution < 1.29 is 0 Å². The molecule has 2 heteroatoms. The molecule has 2 unspecified atom stereocenters. The van der Waals surface area contributed by atoms with Gasteiger partial charge in [-0.1, -0.05) is 26.7 Å². The Morgan fingerprint density at radius 2 is 1.87 bits per heavy atom. The van der Waals surface area contributed by atoms with Gasteiger partial charge in [0.15, 0.2) is 0 Å². The van der Waals surface area contributed by atoms with Gasteiger partial charge < -0.3 is 5.32 Å². The van der Waals surface area contributed by atoms with Crippen molar-refractivity contribution in [3.05, 3.63) is 0 Å². The topological polar surface area (TPSA) is 15.3 Å². The molecule has 0 bridgehead atoms. The van der Waals surface area contributed by atoms with Gasteiger partial charge in [0, 0.05) is 25.2 Å². The molecule has 1 aliphatic carbocycles. The molecule has 1 saturated heterocycles. The molecular weight excluding hydrogens is 184 g/mol. The molecule has 2 fully saturated rings. The van der Waals surface area contributed by atoms with E-state index in [0.717, 1.165) is 18.0 Å². The van der Waals surface area contributed by atoms with Crippen LogP contribution < -0.4 is 5.32 Å². The average Bonchev–Trinajstić information content (AvgIpc) is 2.36. The normalized spacial score (nSPS) is 33.8. The molecule has 1 heterocycles. The van der Waals surface area contributed by atoms with E-state index in [1.165, 1.54) is 51.7 Å². The van der Waals surface area contributed by atoms with E-state index in [0.29, 0.717) is 0 Å². The summed E-state index contributed by atoms with van der Waals surface area (Å²) in [5, 5.41) is 3.40. The Kier molecular flexibility index (Phi) is 4.04. The predicted octanol–water partition coefficient (Wildman–Crippen LogP) is 2.25. The molecule has 15 heavy (non-hydrogen) atoms. The highest BCUT2D eigenvalue weighted by molar-refractivity contribution is 4.88. The smallest absolute Gasteiger partial charge is 0.0348 e. The molecule has 88 valence electrons. The van der Waals surface area contributed by atoms with Gasteiger partial charge in [0.2, 0.25) is 0 Å². The molecule has 0 amide bonds. The molecule has 0 aromatic carbocycles. The molecule has 2 atom stereocenters. The van der Waals surface area contributed by atoms with Crippen LogP contribution in [0.3, 0.4) is 0 Å². The second-order valence-electron chi connectivity index (χ2n) is 5.41. The van der Waals surface area contributed by atoms with Crippen molar-refractivity contribution in [2.45, 2.75) is 58.0 Å². The molecule has 1 saturated carbocycles. The maximum atomic E-state index is 3.40. The second-order valence-corrected chi connectivity index (χ2v) is 5.41. The lowest BCUT2D eigenvalue weighted by molar-refractivity contribution is 0.0913. The van der Waals surface area contributed by atoms with E-state index in [1.807, 2.05) is 0 Å². The fourth-order valence-corrected chi connectivity index (χ4v) is 3.12. The van der Waals surface area contributed by atoms with Crippen LogP contribution in [0.15, 0.2) is 0 Å². The SMILES string of the molecule is CCN(C1CCCC(C)CC1)C1CNC1. The third kappa shape index (κ3) is 2.73. The summed E-state index contributed by atoms with van der Waals surface area (Å²) in [6.45, 7) is 8.43. The van der Waals surface area contributed by atoms with E-state index in [9.17, 15) is 0 Å². The summed E-state index contributed by atoms with van der Waals surface area (Å²) < 4.78 is 0. The zero-order chi connectivity index (χ0) is 10.7. The Morgan fingerprint density at radius 1 is 1.07 bits per heavy atom. The van der Waals surface area contributed by atoms with Crippen molar-refractivity contribution in [1.82, 2.24) is 10.2 Å². The van der Waals surface area contributed by atoms with Crippen molar-refractivity contribution in [3.63, 3.8) is 0 Å². The van der Waals surface area contributed by atoms with E-state index in [4.69, 9.17) is 0 Å². The maximum absolute atomic E-state index is 3.40. The van der Waals surface area contributed by atoms with Crippen molar-refractivity contribution in [3.8, 4) is 0 Å². The van der Waals surface area contributed by atoms with Gasteiger partial charge in [-0.15, -0.1) is 0 Å². The summed E-state index contributed by atoms with van der Waals surface area (Å²) in [7, 11) is 0. The molecule has 2 nitrogen and oxygen atoms in total. The Balaban J connectivity index is 1.88. The minimum atomic E-state index is 0.841. The van der Waals surface area contributed by atoms with Crippen LogP contribution in [0.5, 0.6) is 0 Å². The second kappa shape index (κ2) is 5.31. The van der Waals surface area contributed by atoms with Crippen LogP contribution in [0.25, 0.3) is 0 Å². The van der Waals surface area contributed by atoms with E-state index >= 15 is 0 Å². The molecule has 0 aromatic rings. The number of likely N-dealkylation sites (N-methyl/N-ethyl adjacent to an activating group) is 1.